The molecule has 0 aromatic heterocycles. The minimum Gasteiger partial charge on any atom is -0.493 e. The van der Waals surface area contributed by atoms with Crippen molar-refractivity contribution in [3.8, 4) is 11.5 Å². The van der Waals surface area contributed by atoms with Crippen LogP contribution in [-0.4, -0.2) is 19.6 Å². The first kappa shape index (κ1) is 15.3. The van der Waals surface area contributed by atoms with Crippen LogP contribution in [0.3, 0.4) is 0 Å². The van der Waals surface area contributed by atoms with Crippen molar-refractivity contribution in [3.05, 3.63) is 30.4 Å². The van der Waals surface area contributed by atoms with Crippen LogP contribution in [0.5, 0.6) is 11.5 Å². The van der Waals surface area contributed by atoms with Crippen molar-refractivity contribution in [1.82, 2.24) is 0 Å². The van der Waals surface area contributed by atoms with Gasteiger partial charge in [0.15, 0.2) is 11.5 Å². The zero-order chi connectivity index (χ0) is 15.2. The Morgan fingerprint density at radius 2 is 2.14 bits per heavy atom. The lowest BCUT2D eigenvalue weighted by molar-refractivity contribution is -0.120. The van der Waals surface area contributed by atoms with E-state index < -0.39 is 6.61 Å². The molecule has 0 saturated heterocycles. The summed E-state index contributed by atoms with van der Waals surface area (Å²) in [6.07, 6.45) is 6.39. The first-order valence-electron chi connectivity index (χ1n) is 6.69. The Labute approximate surface area is 121 Å². The van der Waals surface area contributed by atoms with Crippen LogP contribution >= 0.6 is 0 Å². The van der Waals surface area contributed by atoms with Crippen LogP contribution in [0.2, 0.25) is 0 Å². The number of hydrogen-bond donors (Lipinski definition) is 1. The first-order valence-corrected chi connectivity index (χ1v) is 6.69. The van der Waals surface area contributed by atoms with Gasteiger partial charge in [0.05, 0.1) is 7.11 Å². The van der Waals surface area contributed by atoms with E-state index in [-0.39, 0.29) is 23.3 Å². The Bertz CT molecular complexity index is 532. The molecule has 1 aliphatic carbocycles. The lowest BCUT2D eigenvalue weighted by atomic mass is 9.93. The van der Waals surface area contributed by atoms with Crippen LogP contribution in [0.15, 0.2) is 30.4 Å². The standard InChI is InChI=1S/C15H17F2NO3/c1-20-12-8-7-11(9-13(12)21-15(16)17)18-14(19)10-5-3-2-4-6-10/h2-3,7-10,15H,4-6H2,1H3,(H,18,19). The summed E-state index contributed by atoms with van der Waals surface area (Å²) < 4.78 is 34.0. The zero-order valence-electron chi connectivity index (χ0n) is 11.6. The molecule has 6 heteroatoms. The third-order valence-corrected chi connectivity index (χ3v) is 3.29. The van der Waals surface area contributed by atoms with Crippen LogP contribution in [0.1, 0.15) is 19.3 Å². The number of benzene rings is 1. The minimum absolute atomic E-state index is 0.0865. The third kappa shape index (κ3) is 4.18. The predicted molar refractivity (Wildman–Crippen MR) is 74.7 cm³/mol. The van der Waals surface area contributed by atoms with Crippen molar-refractivity contribution in [2.24, 2.45) is 5.92 Å². The van der Waals surface area contributed by atoms with Crippen molar-refractivity contribution in [1.29, 1.82) is 0 Å². The molecule has 0 spiro atoms. The Morgan fingerprint density at radius 3 is 2.76 bits per heavy atom. The largest absolute Gasteiger partial charge is 0.493 e. The fourth-order valence-electron chi connectivity index (χ4n) is 2.22. The molecule has 0 aliphatic heterocycles. The molecule has 0 heterocycles. The molecule has 1 unspecified atom stereocenters. The molecule has 0 fully saturated rings. The van der Waals surface area contributed by atoms with Gasteiger partial charge in [-0.3, -0.25) is 4.79 Å². The number of ether oxygens (including phenoxy) is 2. The Balaban J connectivity index is 2.09. The van der Waals surface area contributed by atoms with Gasteiger partial charge in [-0.2, -0.15) is 8.78 Å². The quantitative estimate of drug-likeness (QED) is 0.845. The van der Waals surface area contributed by atoms with Gasteiger partial charge in [0.25, 0.3) is 0 Å². The molecule has 4 nitrogen and oxygen atoms in total. The number of carbonyl (C=O) groups is 1. The van der Waals surface area contributed by atoms with E-state index in [1.54, 1.807) is 6.07 Å². The number of methoxy groups -OCH3 is 1. The molecule has 1 aromatic rings. The Morgan fingerprint density at radius 1 is 1.33 bits per heavy atom. The fraction of sp³-hybridized carbons (Fsp3) is 0.400. The molecule has 1 aromatic carbocycles. The summed E-state index contributed by atoms with van der Waals surface area (Å²) in [5.74, 6) is -0.119. The average Bonchev–Trinajstić information content (AvgIpc) is 2.48. The van der Waals surface area contributed by atoms with Gasteiger partial charge in [-0.05, 0) is 31.4 Å². The van der Waals surface area contributed by atoms with E-state index in [9.17, 15) is 13.6 Å². The molecule has 1 N–H and O–H groups in total. The van der Waals surface area contributed by atoms with Gasteiger partial charge in [0.1, 0.15) is 0 Å². The average molecular weight is 297 g/mol. The summed E-state index contributed by atoms with van der Waals surface area (Å²) in [4.78, 5) is 12.1. The number of anilines is 1. The fourth-order valence-corrected chi connectivity index (χ4v) is 2.22. The number of allylic oxidation sites excluding steroid dienone is 2. The van der Waals surface area contributed by atoms with Crippen LogP contribution in [0.4, 0.5) is 14.5 Å². The summed E-state index contributed by atoms with van der Waals surface area (Å²) in [7, 11) is 1.36. The highest BCUT2D eigenvalue weighted by Gasteiger charge is 2.19. The lowest BCUT2D eigenvalue weighted by Gasteiger charge is -2.18. The van der Waals surface area contributed by atoms with Crippen molar-refractivity contribution in [2.45, 2.75) is 25.9 Å². The smallest absolute Gasteiger partial charge is 0.387 e. The summed E-state index contributed by atoms with van der Waals surface area (Å²) >= 11 is 0. The first-order chi connectivity index (χ1) is 10.1. The summed E-state index contributed by atoms with van der Waals surface area (Å²) in [5, 5.41) is 2.72. The highest BCUT2D eigenvalue weighted by molar-refractivity contribution is 5.93. The van der Waals surface area contributed by atoms with E-state index in [1.807, 2.05) is 12.2 Å². The van der Waals surface area contributed by atoms with Gasteiger partial charge in [-0.25, -0.2) is 0 Å². The number of alkyl halides is 2. The van der Waals surface area contributed by atoms with Gasteiger partial charge < -0.3 is 14.8 Å². The normalized spacial score (nSPS) is 17.6. The highest BCUT2D eigenvalue weighted by Crippen LogP contribution is 2.32. The van der Waals surface area contributed by atoms with E-state index in [4.69, 9.17) is 4.74 Å². The third-order valence-electron chi connectivity index (χ3n) is 3.29. The van der Waals surface area contributed by atoms with Crippen LogP contribution in [-0.2, 0) is 4.79 Å². The molecular formula is C15H17F2NO3. The molecule has 1 atom stereocenters. The van der Waals surface area contributed by atoms with Crippen LogP contribution in [0.25, 0.3) is 0 Å². The van der Waals surface area contributed by atoms with Crippen LogP contribution < -0.4 is 14.8 Å². The van der Waals surface area contributed by atoms with Gasteiger partial charge in [-0.1, -0.05) is 12.2 Å². The molecule has 2 rings (SSSR count). The van der Waals surface area contributed by atoms with E-state index in [1.165, 1.54) is 19.2 Å². The van der Waals surface area contributed by atoms with Gasteiger partial charge >= 0.3 is 6.61 Å². The van der Waals surface area contributed by atoms with E-state index in [0.717, 1.165) is 12.8 Å². The second-order valence-corrected chi connectivity index (χ2v) is 4.71. The monoisotopic (exact) mass is 297 g/mol. The molecule has 1 amide bonds. The van der Waals surface area contributed by atoms with E-state index in [0.29, 0.717) is 12.1 Å². The van der Waals surface area contributed by atoms with Gasteiger partial charge in [0, 0.05) is 17.7 Å². The summed E-state index contributed by atoms with van der Waals surface area (Å²) in [5.41, 5.74) is 0.408. The number of rotatable bonds is 5. The number of hydrogen-bond acceptors (Lipinski definition) is 3. The molecule has 0 saturated carbocycles. The number of amides is 1. The molecule has 0 bridgehead atoms. The molecule has 114 valence electrons. The number of carbonyl (C=O) groups excluding carboxylic acids is 1. The van der Waals surface area contributed by atoms with E-state index >= 15 is 0 Å². The SMILES string of the molecule is COc1ccc(NC(=O)C2CC=CCC2)cc1OC(F)F. The topological polar surface area (TPSA) is 47.6 Å². The number of nitrogens with one attached hydrogen (secondary N) is 1. The minimum atomic E-state index is -2.95. The molecular weight excluding hydrogens is 280 g/mol. The summed E-state index contributed by atoms with van der Waals surface area (Å²) in [6.45, 7) is -2.95. The highest BCUT2D eigenvalue weighted by atomic mass is 19.3. The predicted octanol–water partition coefficient (Wildman–Crippen LogP) is 3.59. The number of halogens is 2. The Kier molecular flexibility index (Phi) is 5.14. The van der Waals surface area contributed by atoms with Crippen molar-refractivity contribution >= 4 is 11.6 Å². The van der Waals surface area contributed by atoms with Crippen molar-refractivity contribution in [2.75, 3.05) is 12.4 Å². The maximum absolute atomic E-state index is 12.3. The lowest BCUT2D eigenvalue weighted by Crippen LogP contribution is -2.23. The van der Waals surface area contributed by atoms with Crippen molar-refractivity contribution < 1.29 is 23.0 Å². The molecule has 0 radical (unpaired) electrons. The zero-order valence-corrected chi connectivity index (χ0v) is 11.6. The second kappa shape index (κ2) is 7.06. The van der Waals surface area contributed by atoms with Crippen molar-refractivity contribution in [3.63, 3.8) is 0 Å². The molecule has 1 aliphatic rings. The maximum Gasteiger partial charge on any atom is 0.387 e. The van der Waals surface area contributed by atoms with E-state index in [2.05, 4.69) is 10.1 Å². The Hall–Kier alpha value is -2.11. The molecule has 21 heavy (non-hydrogen) atoms. The second-order valence-electron chi connectivity index (χ2n) is 4.71. The van der Waals surface area contributed by atoms with Crippen LogP contribution in [0, 0.1) is 5.92 Å². The van der Waals surface area contributed by atoms with Gasteiger partial charge in [-0.15, -0.1) is 0 Å². The van der Waals surface area contributed by atoms with Gasteiger partial charge in [0.2, 0.25) is 5.91 Å². The summed E-state index contributed by atoms with van der Waals surface area (Å²) in [6, 6.07) is 4.41. The maximum atomic E-state index is 12.3.